The molecular weight excluding hydrogens is 254 g/mol. The molecule has 2 aromatic rings. The molecule has 2 N–H and O–H groups in total. The van der Waals surface area contributed by atoms with E-state index in [0.717, 1.165) is 10.7 Å². The van der Waals surface area contributed by atoms with E-state index in [0.29, 0.717) is 12.1 Å². The van der Waals surface area contributed by atoms with Gasteiger partial charge in [0.05, 0.1) is 22.8 Å². The summed E-state index contributed by atoms with van der Waals surface area (Å²) in [4.78, 5) is 16.4. The molecule has 17 heavy (non-hydrogen) atoms. The third-order valence-corrected chi connectivity index (χ3v) is 3.33. The van der Waals surface area contributed by atoms with Gasteiger partial charge in [-0.15, -0.1) is 11.3 Å². The maximum atomic E-state index is 12.0. The first-order valence-electron chi connectivity index (χ1n) is 4.98. The van der Waals surface area contributed by atoms with Gasteiger partial charge in [-0.1, -0.05) is 12.2 Å². The summed E-state index contributed by atoms with van der Waals surface area (Å²) in [6.45, 7) is 2.38. The molecule has 88 valence electrons. The molecule has 0 aromatic carbocycles. The van der Waals surface area contributed by atoms with E-state index in [4.69, 9.17) is 18.0 Å². The Hall–Kier alpha value is -1.53. The molecule has 0 amide bonds. The normalized spacial score (nSPS) is 10.4. The number of hydrogen-bond donors (Lipinski definition) is 1. The Morgan fingerprint density at radius 3 is 3.00 bits per heavy atom. The van der Waals surface area contributed by atoms with Gasteiger partial charge in [-0.3, -0.25) is 4.79 Å². The zero-order valence-corrected chi connectivity index (χ0v) is 10.8. The van der Waals surface area contributed by atoms with Crippen molar-refractivity contribution >= 4 is 28.5 Å². The highest BCUT2D eigenvalue weighted by Crippen LogP contribution is 2.08. The van der Waals surface area contributed by atoms with Crippen LogP contribution in [0.3, 0.4) is 0 Å². The predicted molar refractivity (Wildman–Crippen MR) is 72.5 cm³/mol. The fourth-order valence-electron chi connectivity index (χ4n) is 1.50. The number of hydrogen-bond acceptors (Lipinski definition) is 4. The van der Waals surface area contributed by atoms with Gasteiger partial charge in [0.1, 0.15) is 4.99 Å². The summed E-state index contributed by atoms with van der Waals surface area (Å²) in [5.74, 6) is 0. The summed E-state index contributed by atoms with van der Waals surface area (Å²) in [5.41, 5.74) is 6.55. The Balaban J connectivity index is 2.37. The van der Waals surface area contributed by atoms with E-state index in [1.807, 2.05) is 12.3 Å². The minimum atomic E-state index is -0.175. The molecule has 0 bridgehead atoms. The van der Waals surface area contributed by atoms with Gasteiger partial charge in [0, 0.05) is 11.6 Å². The van der Waals surface area contributed by atoms with Crippen LogP contribution in [0.15, 0.2) is 28.5 Å². The third-order valence-electron chi connectivity index (χ3n) is 2.28. The van der Waals surface area contributed by atoms with Crippen LogP contribution in [-0.4, -0.2) is 14.5 Å². The minimum Gasteiger partial charge on any atom is -0.389 e. The number of thiazole rings is 1. The van der Waals surface area contributed by atoms with Crippen LogP contribution < -0.4 is 11.3 Å². The van der Waals surface area contributed by atoms with Crippen LogP contribution >= 0.6 is 23.6 Å². The van der Waals surface area contributed by atoms with Gasteiger partial charge in [-0.2, -0.15) is 0 Å². The van der Waals surface area contributed by atoms with Gasteiger partial charge in [-0.25, -0.2) is 4.98 Å². The molecule has 0 radical (unpaired) electrons. The summed E-state index contributed by atoms with van der Waals surface area (Å²) in [7, 11) is 0. The van der Waals surface area contributed by atoms with Crippen LogP contribution in [-0.2, 0) is 6.54 Å². The third kappa shape index (κ3) is 2.59. The smallest absolute Gasteiger partial charge is 0.261 e. The first kappa shape index (κ1) is 11.9. The van der Waals surface area contributed by atoms with E-state index in [2.05, 4.69) is 4.98 Å². The monoisotopic (exact) mass is 265 g/mol. The van der Waals surface area contributed by atoms with Gasteiger partial charge < -0.3 is 10.3 Å². The van der Waals surface area contributed by atoms with Crippen LogP contribution in [0, 0.1) is 6.92 Å². The van der Waals surface area contributed by atoms with Crippen molar-refractivity contribution < 1.29 is 0 Å². The largest absolute Gasteiger partial charge is 0.389 e. The highest BCUT2D eigenvalue weighted by atomic mass is 32.1. The van der Waals surface area contributed by atoms with Crippen LogP contribution in [0.5, 0.6) is 0 Å². The van der Waals surface area contributed by atoms with Crippen LogP contribution in [0.4, 0.5) is 0 Å². The Morgan fingerprint density at radius 1 is 1.65 bits per heavy atom. The molecule has 0 aliphatic heterocycles. The fraction of sp³-hybridized carbons (Fsp3) is 0.182. The van der Waals surface area contributed by atoms with E-state index in [1.165, 1.54) is 0 Å². The first-order valence-corrected chi connectivity index (χ1v) is 6.27. The second-order valence-electron chi connectivity index (χ2n) is 3.58. The molecular formula is C11H11N3OS2. The molecule has 0 spiro atoms. The highest BCUT2D eigenvalue weighted by molar-refractivity contribution is 7.80. The van der Waals surface area contributed by atoms with Gasteiger partial charge in [0.15, 0.2) is 0 Å². The molecule has 4 nitrogen and oxygen atoms in total. The molecule has 0 saturated carbocycles. The van der Waals surface area contributed by atoms with Crippen molar-refractivity contribution in [3.63, 3.8) is 0 Å². The van der Waals surface area contributed by atoms with Gasteiger partial charge in [-0.05, 0) is 19.1 Å². The molecule has 0 fully saturated rings. The summed E-state index contributed by atoms with van der Waals surface area (Å²) in [6, 6.07) is 3.39. The summed E-state index contributed by atoms with van der Waals surface area (Å²) in [6.07, 6.45) is 1.71. The van der Waals surface area contributed by atoms with Crippen molar-refractivity contribution in [1.82, 2.24) is 9.55 Å². The number of aromatic nitrogens is 2. The molecule has 0 unspecified atom stereocenters. The standard InChI is InChI=1S/C11H11N3OS2/c1-7-13-8(6-17-7)5-14-4-2-3-9(10(12)16)11(14)15/h2-4,6H,5H2,1H3,(H2,12,16). The summed E-state index contributed by atoms with van der Waals surface area (Å²) in [5, 5.41) is 2.92. The number of pyridine rings is 1. The number of nitrogens with zero attached hydrogens (tertiary/aromatic N) is 2. The summed E-state index contributed by atoms with van der Waals surface area (Å²) >= 11 is 6.39. The van der Waals surface area contributed by atoms with Crippen molar-refractivity contribution in [2.24, 2.45) is 5.73 Å². The average molecular weight is 265 g/mol. The predicted octanol–water partition coefficient (Wildman–Crippen LogP) is 1.30. The van der Waals surface area contributed by atoms with E-state index in [1.54, 1.807) is 34.2 Å². The van der Waals surface area contributed by atoms with Crippen LogP contribution in [0.1, 0.15) is 16.3 Å². The fourth-order valence-corrected chi connectivity index (χ4v) is 2.26. The second-order valence-corrected chi connectivity index (χ2v) is 5.08. The van der Waals surface area contributed by atoms with E-state index in [9.17, 15) is 4.79 Å². The number of nitrogens with two attached hydrogens (primary N) is 1. The second kappa shape index (κ2) is 4.77. The molecule has 2 heterocycles. The molecule has 0 aliphatic carbocycles. The Kier molecular flexibility index (Phi) is 3.35. The van der Waals surface area contributed by atoms with E-state index >= 15 is 0 Å². The molecule has 2 rings (SSSR count). The minimum absolute atomic E-state index is 0.124. The molecule has 2 aromatic heterocycles. The zero-order valence-electron chi connectivity index (χ0n) is 9.21. The van der Waals surface area contributed by atoms with Crippen LogP contribution in [0.25, 0.3) is 0 Å². The van der Waals surface area contributed by atoms with Crippen molar-refractivity contribution in [2.45, 2.75) is 13.5 Å². The summed E-state index contributed by atoms with van der Waals surface area (Å²) < 4.78 is 1.56. The van der Waals surface area contributed by atoms with Crippen LogP contribution in [0.2, 0.25) is 0 Å². The quantitative estimate of drug-likeness (QED) is 0.850. The first-order chi connectivity index (χ1) is 8.08. The van der Waals surface area contributed by atoms with Gasteiger partial charge >= 0.3 is 0 Å². The lowest BCUT2D eigenvalue weighted by Crippen LogP contribution is -2.28. The molecule has 0 atom stereocenters. The highest BCUT2D eigenvalue weighted by Gasteiger charge is 2.07. The Bertz CT molecular complexity index is 615. The molecule has 0 aliphatic rings. The van der Waals surface area contributed by atoms with Gasteiger partial charge in [0.2, 0.25) is 0 Å². The molecule has 0 saturated heterocycles. The molecule has 6 heteroatoms. The van der Waals surface area contributed by atoms with E-state index in [-0.39, 0.29) is 10.5 Å². The topological polar surface area (TPSA) is 60.9 Å². The van der Waals surface area contributed by atoms with Crippen molar-refractivity contribution in [3.05, 3.63) is 50.3 Å². The lowest BCUT2D eigenvalue weighted by atomic mass is 10.2. The Morgan fingerprint density at radius 2 is 2.41 bits per heavy atom. The maximum absolute atomic E-state index is 12.0. The lowest BCUT2D eigenvalue weighted by molar-refractivity contribution is 0.741. The van der Waals surface area contributed by atoms with E-state index < -0.39 is 0 Å². The lowest BCUT2D eigenvalue weighted by Gasteiger charge is -2.05. The zero-order chi connectivity index (χ0) is 12.4. The maximum Gasteiger partial charge on any atom is 0.261 e. The number of thiocarbonyl (C=S) groups is 1. The van der Waals surface area contributed by atoms with Crippen molar-refractivity contribution in [2.75, 3.05) is 0 Å². The SMILES string of the molecule is Cc1nc(Cn2cccc(C(N)=S)c2=O)cs1. The number of aryl methyl sites for hydroxylation is 1. The number of rotatable bonds is 3. The van der Waals surface area contributed by atoms with Crippen molar-refractivity contribution in [3.8, 4) is 0 Å². The average Bonchev–Trinajstić information content (AvgIpc) is 2.67. The Labute approximate surface area is 108 Å². The van der Waals surface area contributed by atoms with Gasteiger partial charge in [0.25, 0.3) is 5.56 Å². The van der Waals surface area contributed by atoms with Crippen molar-refractivity contribution in [1.29, 1.82) is 0 Å².